The lowest BCUT2D eigenvalue weighted by Gasteiger charge is -2.17. The van der Waals surface area contributed by atoms with Crippen LogP contribution in [0.3, 0.4) is 0 Å². The Morgan fingerprint density at radius 3 is 2.24 bits per heavy atom. The van der Waals surface area contributed by atoms with Crippen LogP contribution < -0.4 is 4.74 Å². The predicted octanol–water partition coefficient (Wildman–Crippen LogP) is 4.31. The van der Waals surface area contributed by atoms with Crippen LogP contribution in [0.1, 0.15) is 48.1 Å². The maximum atomic E-state index is 12.6. The molecule has 1 heterocycles. The number of hydrogen-bond acceptors (Lipinski definition) is 5. The monoisotopic (exact) mass is 400 g/mol. The average Bonchev–Trinajstić information content (AvgIpc) is 2.88. The number of nitrogens with zero attached hydrogens (tertiary/aromatic N) is 4. The molecule has 7 heteroatoms. The third-order valence-corrected chi connectivity index (χ3v) is 3.97. The highest BCUT2D eigenvalue weighted by atomic mass is 79.9. The average molecular weight is 401 g/mol. The van der Waals surface area contributed by atoms with E-state index in [2.05, 4.69) is 21.0 Å². The van der Waals surface area contributed by atoms with Crippen molar-refractivity contribution < 1.29 is 9.53 Å². The number of carbonyl (C=O) groups is 1. The van der Waals surface area contributed by atoms with E-state index in [-0.39, 0.29) is 5.91 Å². The minimum absolute atomic E-state index is 0.150. The maximum absolute atomic E-state index is 12.6. The summed E-state index contributed by atoms with van der Waals surface area (Å²) >= 11 is 3.38. The van der Waals surface area contributed by atoms with Gasteiger partial charge < -0.3 is 4.74 Å². The Bertz CT molecular complexity index is 879. The van der Waals surface area contributed by atoms with Gasteiger partial charge in [0.05, 0.1) is 23.3 Å². The number of ether oxygens (including phenoxy) is 1. The van der Waals surface area contributed by atoms with Crippen LogP contribution in [-0.2, 0) is 5.33 Å². The second kappa shape index (κ2) is 7.08. The van der Waals surface area contributed by atoms with Crippen LogP contribution in [0.25, 0.3) is 0 Å². The second-order valence-corrected chi connectivity index (χ2v) is 7.09. The van der Waals surface area contributed by atoms with Crippen LogP contribution >= 0.6 is 15.9 Å². The molecule has 0 aliphatic rings. The van der Waals surface area contributed by atoms with Gasteiger partial charge in [0.15, 0.2) is 5.75 Å². The Hall–Kier alpha value is -2.64. The van der Waals surface area contributed by atoms with E-state index in [0.29, 0.717) is 39.3 Å². The lowest BCUT2D eigenvalue weighted by Crippen LogP contribution is -2.28. The second-order valence-electron chi connectivity index (χ2n) is 6.53. The number of alkyl halides is 1. The van der Waals surface area contributed by atoms with Crippen molar-refractivity contribution in [3.05, 3.63) is 40.7 Å². The van der Waals surface area contributed by atoms with Crippen molar-refractivity contribution in [1.82, 2.24) is 9.78 Å². The molecule has 1 aromatic heterocycles. The fourth-order valence-electron chi connectivity index (χ4n) is 2.20. The van der Waals surface area contributed by atoms with Gasteiger partial charge in [-0.15, -0.1) is 0 Å². The van der Waals surface area contributed by atoms with E-state index in [1.807, 2.05) is 32.9 Å². The molecular weight excluding hydrogens is 384 g/mol. The van der Waals surface area contributed by atoms with Crippen LogP contribution in [-0.4, -0.2) is 15.7 Å². The SMILES string of the molecule is Cc1nn(C(=O)C(C)(C)C)c(CBr)c1Oc1cc(C#N)cc(C#N)c1. The number of aryl methyl sites for hydroxylation is 1. The van der Waals surface area contributed by atoms with Crippen molar-refractivity contribution in [3.8, 4) is 23.6 Å². The molecule has 0 aliphatic carbocycles. The van der Waals surface area contributed by atoms with E-state index in [0.717, 1.165) is 0 Å². The highest BCUT2D eigenvalue weighted by molar-refractivity contribution is 9.08. The molecule has 0 unspecified atom stereocenters. The van der Waals surface area contributed by atoms with E-state index in [4.69, 9.17) is 15.3 Å². The van der Waals surface area contributed by atoms with Gasteiger partial charge in [-0.25, -0.2) is 0 Å². The smallest absolute Gasteiger partial charge is 0.252 e. The van der Waals surface area contributed by atoms with Gasteiger partial charge in [-0.3, -0.25) is 4.79 Å². The molecule has 0 amide bonds. The normalized spacial score (nSPS) is 10.8. The first-order valence-corrected chi connectivity index (χ1v) is 8.65. The first-order valence-electron chi connectivity index (χ1n) is 7.53. The molecule has 0 radical (unpaired) electrons. The summed E-state index contributed by atoms with van der Waals surface area (Å²) in [7, 11) is 0. The quantitative estimate of drug-likeness (QED) is 0.715. The van der Waals surface area contributed by atoms with Crippen molar-refractivity contribution in [2.75, 3.05) is 0 Å². The minimum Gasteiger partial charge on any atom is -0.453 e. The molecule has 2 rings (SSSR count). The van der Waals surface area contributed by atoms with Gasteiger partial charge >= 0.3 is 0 Å². The van der Waals surface area contributed by atoms with Crippen LogP contribution in [0.15, 0.2) is 18.2 Å². The van der Waals surface area contributed by atoms with Gasteiger partial charge in [0.1, 0.15) is 17.1 Å². The summed E-state index contributed by atoms with van der Waals surface area (Å²) in [5.74, 6) is 0.639. The molecule has 128 valence electrons. The number of nitriles is 2. The highest BCUT2D eigenvalue weighted by Gasteiger charge is 2.29. The fourth-order valence-corrected chi connectivity index (χ4v) is 2.69. The van der Waals surface area contributed by atoms with Crippen LogP contribution in [0.5, 0.6) is 11.5 Å². The Labute approximate surface area is 154 Å². The summed E-state index contributed by atoms with van der Waals surface area (Å²) in [6, 6.07) is 8.57. The van der Waals surface area contributed by atoms with Gasteiger partial charge in [-0.2, -0.15) is 20.3 Å². The molecule has 25 heavy (non-hydrogen) atoms. The summed E-state index contributed by atoms with van der Waals surface area (Å²) in [5.41, 5.74) is 1.18. The maximum Gasteiger partial charge on any atom is 0.252 e. The van der Waals surface area contributed by atoms with Crippen LogP contribution in [0, 0.1) is 35.0 Å². The lowest BCUT2D eigenvalue weighted by molar-refractivity contribution is 0.0745. The van der Waals surface area contributed by atoms with E-state index in [1.54, 1.807) is 19.1 Å². The Morgan fingerprint density at radius 2 is 1.80 bits per heavy atom. The zero-order chi connectivity index (χ0) is 18.8. The Kier molecular flexibility index (Phi) is 5.30. The number of benzene rings is 1. The molecule has 1 aromatic carbocycles. The third kappa shape index (κ3) is 3.89. The summed E-state index contributed by atoms with van der Waals surface area (Å²) in [5, 5.41) is 22.9. The fraction of sp³-hybridized carbons (Fsp3) is 0.333. The van der Waals surface area contributed by atoms with Gasteiger partial charge in [-0.05, 0) is 25.1 Å². The first-order chi connectivity index (χ1) is 11.7. The molecule has 0 spiro atoms. The van der Waals surface area contributed by atoms with Crippen molar-refractivity contribution in [2.45, 2.75) is 33.0 Å². The Morgan fingerprint density at radius 1 is 1.24 bits per heavy atom. The highest BCUT2D eigenvalue weighted by Crippen LogP contribution is 2.33. The molecule has 0 saturated carbocycles. The topological polar surface area (TPSA) is 91.7 Å². The zero-order valence-electron chi connectivity index (χ0n) is 14.4. The summed E-state index contributed by atoms with van der Waals surface area (Å²) < 4.78 is 7.24. The molecule has 6 nitrogen and oxygen atoms in total. The van der Waals surface area contributed by atoms with Gasteiger partial charge in [0, 0.05) is 10.7 Å². The van der Waals surface area contributed by atoms with E-state index in [9.17, 15) is 4.79 Å². The molecule has 0 saturated heterocycles. The Balaban J connectivity index is 2.52. The standard InChI is InChI=1S/C18H17BrN4O2/c1-11-16(15(8-19)23(22-11)17(24)18(2,3)4)25-14-6-12(9-20)5-13(7-14)10-21/h5-7H,8H2,1-4H3. The molecular formula is C18H17BrN4O2. The lowest BCUT2D eigenvalue weighted by atomic mass is 9.96. The first kappa shape index (κ1) is 18.7. The van der Waals surface area contributed by atoms with Gasteiger partial charge in [0.2, 0.25) is 0 Å². The van der Waals surface area contributed by atoms with E-state index < -0.39 is 5.41 Å². The predicted molar refractivity (Wildman–Crippen MR) is 95.6 cm³/mol. The summed E-state index contributed by atoms with van der Waals surface area (Å²) in [6.07, 6.45) is 0. The largest absolute Gasteiger partial charge is 0.453 e. The van der Waals surface area contributed by atoms with Crippen molar-refractivity contribution in [1.29, 1.82) is 10.5 Å². The molecule has 0 fully saturated rings. The molecule has 0 aliphatic heterocycles. The molecule has 0 N–H and O–H groups in total. The molecule has 2 aromatic rings. The van der Waals surface area contributed by atoms with Crippen LogP contribution in [0.2, 0.25) is 0 Å². The summed E-state index contributed by atoms with van der Waals surface area (Å²) in [6.45, 7) is 7.20. The molecule has 0 atom stereocenters. The number of rotatable bonds is 3. The number of carbonyl (C=O) groups excluding carboxylic acids is 1. The van der Waals surface area contributed by atoms with E-state index >= 15 is 0 Å². The van der Waals surface area contributed by atoms with Crippen molar-refractivity contribution in [2.24, 2.45) is 5.41 Å². The van der Waals surface area contributed by atoms with Crippen molar-refractivity contribution >= 4 is 21.8 Å². The van der Waals surface area contributed by atoms with Crippen LogP contribution in [0.4, 0.5) is 0 Å². The summed E-state index contributed by atoms with van der Waals surface area (Å²) in [4.78, 5) is 12.6. The number of aromatic nitrogens is 2. The van der Waals surface area contributed by atoms with Crippen molar-refractivity contribution in [3.63, 3.8) is 0 Å². The third-order valence-electron chi connectivity index (χ3n) is 3.44. The zero-order valence-corrected chi connectivity index (χ0v) is 16.0. The number of hydrogen-bond donors (Lipinski definition) is 0. The minimum atomic E-state index is -0.596. The van der Waals surface area contributed by atoms with E-state index in [1.165, 1.54) is 10.7 Å². The van der Waals surface area contributed by atoms with Gasteiger partial charge in [-0.1, -0.05) is 36.7 Å². The number of halogens is 1. The van der Waals surface area contributed by atoms with Gasteiger partial charge in [0.25, 0.3) is 5.91 Å². The molecule has 0 bridgehead atoms.